The molecule has 1 aromatic rings. The van der Waals surface area contributed by atoms with E-state index in [0.29, 0.717) is 5.56 Å². The van der Waals surface area contributed by atoms with Gasteiger partial charge < -0.3 is 0 Å². The van der Waals surface area contributed by atoms with Gasteiger partial charge in [0.05, 0.1) is 6.04 Å². The fraction of sp³-hybridized carbons (Fsp3) is 0.400. The Balaban J connectivity index is 2.31. The first-order chi connectivity index (χ1) is 6.66. The second-order valence-electron chi connectivity index (χ2n) is 3.48. The molecular weight excluding hydrogens is 208 g/mol. The topological polar surface area (TPSA) is 3.24 Å². The van der Waals surface area contributed by atoms with Crippen molar-refractivity contribution in [2.75, 3.05) is 6.54 Å². The van der Waals surface area contributed by atoms with Crippen molar-refractivity contribution in [2.24, 2.45) is 0 Å². The minimum atomic E-state index is -0.544. The Morgan fingerprint density at radius 3 is 2.36 bits per heavy atom. The first kappa shape index (κ1) is 9.87. The fourth-order valence-electron chi connectivity index (χ4n) is 1.83. The summed E-state index contributed by atoms with van der Waals surface area (Å²) in [5.74, 6) is -1.09. The number of hydrogen-bond acceptors (Lipinski definition) is 1. The second kappa shape index (κ2) is 3.83. The number of nitrogens with zero attached hydrogens (tertiary/aromatic N) is 1. The molecule has 1 aromatic carbocycles. The number of benzene rings is 1. The van der Waals surface area contributed by atoms with Crippen LogP contribution in [0.15, 0.2) is 18.2 Å². The van der Waals surface area contributed by atoms with Gasteiger partial charge in [-0.1, -0.05) is 0 Å². The van der Waals surface area contributed by atoms with Gasteiger partial charge in [-0.15, -0.1) is 0 Å². The van der Waals surface area contributed by atoms with Crippen molar-refractivity contribution < 1.29 is 8.78 Å². The van der Waals surface area contributed by atoms with Crippen molar-refractivity contribution >= 4 is 11.8 Å². The molecule has 2 rings (SSSR count). The molecule has 14 heavy (non-hydrogen) atoms. The summed E-state index contributed by atoms with van der Waals surface area (Å²) in [5.41, 5.74) is 0.620. The minimum Gasteiger partial charge on any atom is -0.213 e. The van der Waals surface area contributed by atoms with E-state index in [1.165, 1.54) is 12.1 Å². The second-order valence-corrected chi connectivity index (χ2v) is 3.92. The Hall–Kier alpha value is -0.670. The van der Waals surface area contributed by atoms with Gasteiger partial charge in [-0.05, 0) is 42.3 Å². The molecule has 1 atom stereocenters. The summed E-state index contributed by atoms with van der Waals surface area (Å²) in [5, 5.41) is 0. The molecule has 76 valence electrons. The summed E-state index contributed by atoms with van der Waals surface area (Å²) in [7, 11) is 0. The molecule has 1 aliphatic rings. The summed E-state index contributed by atoms with van der Waals surface area (Å²) in [6.07, 6.45) is 1.82. The van der Waals surface area contributed by atoms with E-state index in [0.717, 1.165) is 25.5 Å². The van der Waals surface area contributed by atoms with E-state index < -0.39 is 11.6 Å². The molecule has 0 bridgehead atoms. The highest BCUT2D eigenvalue weighted by Gasteiger charge is 2.25. The average Bonchev–Trinajstić information content (AvgIpc) is 2.49. The van der Waals surface area contributed by atoms with Crippen molar-refractivity contribution in [1.82, 2.24) is 4.42 Å². The number of hydrogen-bond donors (Lipinski definition) is 0. The van der Waals surface area contributed by atoms with Crippen LogP contribution in [0.25, 0.3) is 0 Å². The van der Waals surface area contributed by atoms with Crippen LogP contribution in [0.5, 0.6) is 0 Å². The van der Waals surface area contributed by atoms with Crippen LogP contribution in [-0.2, 0) is 0 Å². The Bertz CT molecular complexity index is 323. The minimum absolute atomic E-state index is 0.0538. The van der Waals surface area contributed by atoms with E-state index in [4.69, 9.17) is 11.8 Å². The Kier molecular flexibility index (Phi) is 2.70. The predicted molar refractivity (Wildman–Crippen MR) is 50.9 cm³/mol. The molecule has 0 aromatic heterocycles. The van der Waals surface area contributed by atoms with E-state index in [9.17, 15) is 8.78 Å². The summed E-state index contributed by atoms with van der Waals surface area (Å²) >= 11 is 5.91. The zero-order chi connectivity index (χ0) is 10.1. The summed E-state index contributed by atoms with van der Waals surface area (Å²) in [6.45, 7) is 0.768. The third-order valence-electron chi connectivity index (χ3n) is 2.46. The maximum absolute atomic E-state index is 12.9. The van der Waals surface area contributed by atoms with Crippen LogP contribution in [0.2, 0.25) is 0 Å². The summed E-state index contributed by atoms with van der Waals surface area (Å²) in [4.78, 5) is 0. The molecule has 0 radical (unpaired) electrons. The Morgan fingerprint density at radius 1 is 1.21 bits per heavy atom. The highest BCUT2D eigenvalue weighted by Crippen LogP contribution is 2.33. The first-order valence-corrected chi connectivity index (χ1v) is 4.89. The van der Waals surface area contributed by atoms with E-state index in [2.05, 4.69) is 0 Å². The molecule has 0 unspecified atom stereocenters. The van der Waals surface area contributed by atoms with E-state index in [1.54, 1.807) is 4.42 Å². The maximum atomic E-state index is 12.9. The lowest BCUT2D eigenvalue weighted by atomic mass is 10.1. The molecule has 0 amide bonds. The highest BCUT2D eigenvalue weighted by molar-refractivity contribution is 6.13. The molecule has 1 heterocycles. The average molecular weight is 218 g/mol. The van der Waals surface area contributed by atoms with Gasteiger partial charge in [0.25, 0.3) is 0 Å². The van der Waals surface area contributed by atoms with Crippen molar-refractivity contribution in [3.05, 3.63) is 35.4 Å². The van der Waals surface area contributed by atoms with Crippen molar-refractivity contribution in [3.8, 4) is 0 Å². The number of rotatable bonds is 1. The summed E-state index contributed by atoms with van der Waals surface area (Å²) < 4.78 is 27.4. The number of halogens is 3. The van der Waals surface area contributed by atoms with Crippen LogP contribution in [0.3, 0.4) is 0 Å². The predicted octanol–water partition coefficient (Wildman–Crippen LogP) is 3.26. The van der Waals surface area contributed by atoms with Crippen LogP contribution in [0.1, 0.15) is 24.4 Å². The smallest absolute Gasteiger partial charge is 0.126 e. The summed E-state index contributed by atoms with van der Waals surface area (Å²) in [6, 6.07) is 3.50. The molecule has 0 aliphatic carbocycles. The Morgan fingerprint density at radius 2 is 1.86 bits per heavy atom. The molecular formula is C10H10ClF2N. The molecule has 1 saturated heterocycles. The molecule has 0 spiro atoms. The van der Waals surface area contributed by atoms with Crippen LogP contribution < -0.4 is 0 Å². The SMILES string of the molecule is Fc1cc(F)cc([C@H]2CCCN2Cl)c1. The van der Waals surface area contributed by atoms with Gasteiger partial charge in [-0.3, -0.25) is 0 Å². The fourth-order valence-corrected chi connectivity index (χ4v) is 2.16. The normalized spacial score (nSPS) is 22.9. The molecule has 0 N–H and O–H groups in total. The molecule has 1 fully saturated rings. The molecule has 1 aliphatic heterocycles. The molecule has 4 heteroatoms. The van der Waals surface area contributed by atoms with Gasteiger partial charge in [-0.2, -0.15) is 0 Å². The van der Waals surface area contributed by atoms with Crippen LogP contribution in [0, 0.1) is 11.6 Å². The molecule has 0 saturated carbocycles. The van der Waals surface area contributed by atoms with Gasteiger partial charge in [0, 0.05) is 12.6 Å². The van der Waals surface area contributed by atoms with Gasteiger partial charge in [0.15, 0.2) is 0 Å². The monoisotopic (exact) mass is 217 g/mol. The van der Waals surface area contributed by atoms with E-state index in [1.807, 2.05) is 0 Å². The standard InChI is InChI=1S/C10H10ClF2N/c11-14-3-1-2-10(14)7-4-8(12)6-9(13)5-7/h4-6,10H,1-3H2/t10-/m1/s1. The van der Waals surface area contributed by atoms with Gasteiger partial charge in [-0.25, -0.2) is 13.2 Å². The maximum Gasteiger partial charge on any atom is 0.126 e. The quantitative estimate of drug-likeness (QED) is 0.653. The van der Waals surface area contributed by atoms with Crippen molar-refractivity contribution in [2.45, 2.75) is 18.9 Å². The lowest BCUT2D eigenvalue weighted by Crippen LogP contribution is -2.11. The van der Waals surface area contributed by atoms with Crippen LogP contribution in [-0.4, -0.2) is 11.0 Å². The van der Waals surface area contributed by atoms with Crippen LogP contribution >= 0.6 is 11.8 Å². The first-order valence-electron chi connectivity index (χ1n) is 4.55. The van der Waals surface area contributed by atoms with Crippen LogP contribution in [0.4, 0.5) is 8.78 Å². The lowest BCUT2D eigenvalue weighted by molar-refractivity contribution is 0.431. The van der Waals surface area contributed by atoms with Gasteiger partial charge in [0.1, 0.15) is 11.6 Å². The molecule has 1 nitrogen and oxygen atoms in total. The third-order valence-corrected chi connectivity index (χ3v) is 2.86. The Labute approximate surface area is 86.4 Å². The largest absolute Gasteiger partial charge is 0.213 e. The third kappa shape index (κ3) is 1.88. The zero-order valence-electron chi connectivity index (χ0n) is 7.51. The van der Waals surface area contributed by atoms with Crippen molar-refractivity contribution in [1.29, 1.82) is 0 Å². The van der Waals surface area contributed by atoms with E-state index >= 15 is 0 Å². The van der Waals surface area contributed by atoms with Gasteiger partial charge >= 0.3 is 0 Å². The van der Waals surface area contributed by atoms with Crippen molar-refractivity contribution in [3.63, 3.8) is 0 Å². The highest BCUT2D eigenvalue weighted by atomic mass is 35.5. The van der Waals surface area contributed by atoms with E-state index in [-0.39, 0.29) is 6.04 Å². The lowest BCUT2D eigenvalue weighted by Gasteiger charge is -2.16. The van der Waals surface area contributed by atoms with Gasteiger partial charge in [0.2, 0.25) is 0 Å². The zero-order valence-corrected chi connectivity index (χ0v) is 8.27.